The summed E-state index contributed by atoms with van der Waals surface area (Å²) in [6, 6.07) is 4.21. The molecule has 0 amide bonds. The molecule has 0 aromatic heterocycles. The van der Waals surface area contributed by atoms with Crippen LogP contribution in [0.4, 0.5) is 0 Å². The van der Waals surface area contributed by atoms with Gasteiger partial charge in [0, 0.05) is 16.2 Å². The van der Waals surface area contributed by atoms with Crippen LogP contribution in [0.3, 0.4) is 0 Å². The minimum absolute atomic E-state index is 0.0379. The van der Waals surface area contributed by atoms with E-state index in [1.165, 1.54) is 12.1 Å². The zero-order valence-corrected chi connectivity index (χ0v) is 9.43. The van der Waals surface area contributed by atoms with E-state index >= 15 is 0 Å². The highest BCUT2D eigenvalue weighted by atomic mass is 35.7. The van der Waals surface area contributed by atoms with Crippen LogP contribution in [-0.4, -0.2) is 13.5 Å². The highest BCUT2D eigenvalue weighted by Crippen LogP contribution is 2.30. The van der Waals surface area contributed by atoms with Crippen molar-refractivity contribution in [1.82, 2.24) is 0 Å². The van der Waals surface area contributed by atoms with Gasteiger partial charge in [-0.25, -0.2) is 8.42 Å². The average Bonchev–Trinajstić information content (AvgIpc) is 2.15. The van der Waals surface area contributed by atoms with Crippen LogP contribution in [-0.2, 0) is 15.5 Å². The highest BCUT2D eigenvalue weighted by Gasteiger charge is 2.19. The predicted molar refractivity (Wildman–Crippen MR) is 55.2 cm³/mol. The highest BCUT2D eigenvalue weighted by molar-refractivity contribution is 8.13. The molecular formula is C9H8ClNO3S. The van der Waals surface area contributed by atoms with Gasteiger partial charge in [0.05, 0.1) is 10.5 Å². The van der Waals surface area contributed by atoms with Crippen LogP contribution in [0, 0.1) is 11.3 Å². The van der Waals surface area contributed by atoms with E-state index < -0.39 is 9.05 Å². The third-order valence-electron chi connectivity index (χ3n) is 1.98. The molecule has 15 heavy (non-hydrogen) atoms. The number of phenolic OH excluding ortho intramolecular Hbond substituents is 1. The molecular weight excluding hydrogens is 238 g/mol. The quantitative estimate of drug-likeness (QED) is 0.806. The fourth-order valence-corrected chi connectivity index (χ4v) is 2.48. The fourth-order valence-electron chi connectivity index (χ4n) is 1.28. The topological polar surface area (TPSA) is 78.2 Å². The van der Waals surface area contributed by atoms with Crippen LogP contribution in [0.1, 0.15) is 18.1 Å². The molecule has 80 valence electrons. The molecule has 1 N–H and O–H groups in total. The number of nitrogens with zero attached hydrogens (tertiary/aromatic N) is 1. The summed E-state index contributed by atoms with van der Waals surface area (Å²) >= 11 is 0. The van der Waals surface area contributed by atoms with E-state index in [2.05, 4.69) is 0 Å². The lowest BCUT2D eigenvalue weighted by atomic mass is 10.1. The zero-order chi connectivity index (χ0) is 11.6. The Balaban J connectivity index is 3.61. The van der Waals surface area contributed by atoms with Gasteiger partial charge in [0.2, 0.25) is 0 Å². The smallest absolute Gasteiger partial charge is 0.261 e. The standard InChI is InChI=1S/C9H8ClNO3S/c1-2-7-8(15(10,13)14)4-3-6(5-11)9(7)12/h3-4,12H,2H2,1H3. The van der Waals surface area contributed by atoms with Gasteiger partial charge in [0.25, 0.3) is 9.05 Å². The van der Waals surface area contributed by atoms with Crippen molar-refractivity contribution in [1.29, 1.82) is 5.26 Å². The van der Waals surface area contributed by atoms with Crippen molar-refractivity contribution in [2.24, 2.45) is 0 Å². The Morgan fingerprint density at radius 1 is 1.53 bits per heavy atom. The second-order valence-corrected chi connectivity index (χ2v) is 5.38. The van der Waals surface area contributed by atoms with Crippen molar-refractivity contribution in [2.45, 2.75) is 18.2 Å². The normalized spacial score (nSPS) is 11.0. The number of hydrogen-bond donors (Lipinski definition) is 1. The van der Waals surface area contributed by atoms with Crippen molar-refractivity contribution in [3.05, 3.63) is 23.3 Å². The Labute approximate surface area is 92.1 Å². The Morgan fingerprint density at radius 3 is 2.53 bits per heavy atom. The molecule has 0 atom stereocenters. The van der Waals surface area contributed by atoms with E-state index in [1.807, 2.05) is 0 Å². The maximum atomic E-state index is 11.1. The third-order valence-corrected chi connectivity index (χ3v) is 3.38. The monoisotopic (exact) mass is 245 g/mol. The largest absolute Gasteiger partial charge is 0.506 e. The first kappa shape index (κ1) is 11.8. The Bertz CT molecular complexity index is 531. The van der Waals surface area contributed by atoms with E-state index in [0.717, 1.165) is 0 Å². The van der Waals surface area contributed by atoms with Crippen LogP contribution in [0.5, 0.6) is 5.75 Å². The molecule has 1 aromatic rings. The minimum atomic E-state index is -3.89. The summed E-state index contributed by atoms with van der Waals surface area (Å²) in [6.07, 6.45) is 0.280. The van der Waals surface area contributed by atoms with E-state index in [-0.39, 0.29) is 28.2 Å². The summed E-state index contributed by atoms with van der Waals surface area (Å²) in [7, 11) is 1.30. The van der Waals surface area contributed by atoms with Gasteiger partial charge in [0.1, 0.15) is 11.8 Å². The Kier molecular flexibility index (Phi) is 3.22. The lowest BCUT2D eigenvalue weighted by Crippen LogP contribution is -1.98. The Hall–Kier alpha value is -1.25. The van der Waals surface area contributed by atoms with Gasteiger partial charge in [0.15, 0.2) is 0 Å². The Morgan fingerprint density at radius 2 is 2.13 bits per heavy atom. The summed E-state index contributed by atoms with van der Waals surface area (Å²) in [5, 5.41) is 18.2. The first-order chi connectivity index (χ1) is 6.91. The summed E-state index contributed by atoms with van der Waals surface area (Å²) in [5.41, 5.74) is 0.208. The molecule has 0 heterocycles. The van der Waals surface area contributed by atoms with Gasteiger partial charge in [-0.1, -0.05) is 6.92 Å². The number of rotatable bonds is 2. The van der Waals surface area contributed by atoms with Crippen molar-refractivity contribution in [3.8, 4) is 11.8 Å². The molecule has 1 rings (SSSR count). The third kappa shape index (κ3) is 2.22. The van der Waals surface area contributed by atoms with Gasteiger partial charge in [-0.15, -0.1) is 0 Å². The molecule has 0 bridgehead atoms. The van der Waals surface area contributed by atoms with Crippen molar-refractivity contribution >= 4 is 19.7 Å². The molecule has 0 aliphatic heterocycles. The molecule has 4 nitrogen and oxygen atoms in total. The van der Waals surface area contributed by atoms with E-state index in [0.29, 0.717) is 0 Å². The molecule has 6 heteroatoms. The van der Waals surface area contributed by atoms with Crippen molar-refractivity contribution < 1.29 is 13.5 Å². The lowest BCUT2D eigenvalue weighted by molar-refractivity contribution is 0.464. The number of hydrogen-bond acceptors (Lipinski definition) is 4. The fraction of sp³-hybridized carbons (Fsp3) is 0.222. The maximum absolute atomic E-state index is 11.1. The van der Waals surface area contributed by atoms with E-state index in [1.54, 1.807) is 13.0 Å². The molecule has 0 spiro atoms. The van der Waals surface area contributed by atoms with Crippen LogP contribution in [0.25, 0.3) is 0 Å². The maximum Gasteiger partial charge on any atom is 0.261 e. The first-order valence-corrected chi connectivity index (χ1v) is 6.42. The lowest BCUT2D eigenvalue weighted by Gasteiger charge is -2.07. The molecule has 1 aromatic carbocycles. The van der Waals surface area contributed by atoms with Gasteiger partial charge in [-0.05, 0) is 18.6 Å². The summed E-state index contributed by atoms with van der Waals surface area (Å²) < 4.78 is 22.3. The van der Waals surface area contributed by atoms with Crippen LogP contribution in [0.2, 0.25) is 0 Å². The first-order valence-electron chi connectivity index (χ1n) is 4.11. The molecule has 0 radical (unpaired) electrons. The number of phenols is 1. The second-order valence-electron chi connectivity index (χ2n) is 2.84. The van der Waals surface area contributed by atoms with Gasteiger partial charge in [-0.2, -0.15) is 5.26 Å². The van der Waals surface area contributed by atoms with Crippen molar-refractivity contribution in [3.63, 3.8) is 0 Å². The summed E-state index contributed by atoms with van der Waals surface area (Å²) in [4.78, 5) is -0.150. The summed E-state index contributed by atoms with van der Waals surface area (Å²) in [5.74, 6) is -0.318. The number of halogens is 1. The van der Waals surface area contributed by atoms with Gasteiger partial charge >= 0.3 is 0 Å². The van der Waals surface area contributed by atoms with E-state index in [4.69, 9.17) is 15.9 Å². The van der Waals surface area contributed by atoms with Crippen LogP contribution < -0.4 is 0 Å². The number of aromatic hydroxyl groups is 1. The van der Waals surface area contributed by atoms with Crippen LogP contribution in [0.15, 0.2) is 17.0 Å². The van der Waals surface area contributed by atoms with Crippen molar-refractivity contribution in [2.75, 3.05) is 0 Å². The van der Waals surface area contributed by atoms with Gasteiger partial charge in [-0.3, -0.25) is 0 Å². The predicted octanol–water partition coefficient (Wildman–Crippen LogP) is 1.75. The zero-order valence-electron chi connectivity index (χ0n) is 7.86. The van der Waals surface area contributed by atoms with Crippen LogP contribution >= 0.6 is 10.7 Å². The molecule has 0 unspecified atom stereocenters. The number of benzene rings is 1. The minimum Gasteiger partial charge on any atom is -0.506 e. The average molecular weight is 246 g/mol. The molecule has 0 aliphatic carbocycles. The summed E-state index contributed by atoms with van der Waals surface area (Å²) in [6.45, 7) is 1.67. The second kappa shape index (κ2) is 4.09. The molecule has 0 aliphatic rings. The van der Waals surface area contributed by atoms with E-state index in [9.17, 15) is 13.5 Å². The van der Waals surface area contributed by atoms with Gasteiger partial charge < -0.3 is 5.11 Å². The molecule has 0 fully saturated rings. The SMILES string of the molecule is CCc1c(S(=O)(=O)Cl)ccc(C#N)c1O. The molecule has 0 saturated heterocycles. The number of nitriles is 1. The molecule has 0 saturated carbocycles.